The lowest BCUT2D eigenvalue weighted by molar-refractivity contribution is 0.0963. The van der Waals surface area contributed by atoms with Crippen molar-refractivity contribution in [3.05, 3.63) is 42.4 Å². The van der Waals surface area contributed by atoms with Crippen molar-refractivity contribution in [1.82, 2.24) is 24.8 Å². The van der Waals surface area contributed by atoms with Gasteiger partial charge in [0, 0.05) is 42.9 Å². The molecule has 1 aromatic carbocycles. The lowest BCUT2D eigenvalue weighted by Crippen LogP contribution is -2.33. The lowest BCUT2D eigenvalue weighted by atomic mass is 10.2. The second kappa shape index (κ2) is 6.72. The maximum absolute atomic E-state index is 11.7. The molecule has 3 aromatic rings. The largest absolute Gasteiger partial charge is 0.355 e. The van der Waals surface area contributed by atoms with E-state index in [1.165, 1.54) is 0 Å². The highest BCUT2D eigenvalue weighted by molar-refractivity contribution is 7.99. The molecule has 2 aromatic heterocycles. The van der Waals surface area contributed by atoms with Gasteiger partial charge in [0.15, 0.2) is 5.65 Å². The first kappa shape index (κ1) is 15.9. The number of hydrogen-bond donors (Lipinski definition) is 1. The zero-order valence-electron chi connectivity index (χ0n) is 13.8. The van der Waals surface area contributed by atoms with Crippen molar-refractivity contribution in [2.24, 2.45) is 0 Å². The van der Waals surface area contributed by atoms with E-state index in [-0.39, 0.29) is 5.91 Å². The maximum Gasteiger partial charge on any atom is 0.251 e. The highest BCUT2D eigenvalue weighted by Gasteiger charge is 2.16. The predicted molar refractivity (Wildman–Crippen MR) is 99.6 cm³/mol. The van der Waals surface area contributed by atoms with Crippen LogP contribution in [0.2, 0.25) is 0 Å². The maximum atomic E-state index is 11.7. The molecule has 1 aliphatic heterocycles. The molecule has 8 heteroatoms. The first-order valence-electron chi connectivity index (χ1n) is 8.11. The molecule has 1 N–H and O–H groups in total. The molecule has 3 heterocycles. The van der Waals surface area contributed by atoms with Crippen molar-refractivity contribution in [2.45, 2.75) is 0 Å². The standard InChI is InChI=1S/C17H18N6OS/c1-18-16(24)12-2-4-13(5-3-12)23-11-20-14-10-19-17(21-15(14)23)22-6-8-25-9-7-22/h2-5,10-11H,6-9H2,1H3,(H,18,24). The highest BCUT2D eigenvalue weighted by Crippen LogP contribution is 2.21. The van der Waals surface area contributed by atoms with Gasteiger partial charge in [-0.3, -0.25) is 9.36 Å². The second-order valence-electron chi connectivity index (χ2n) is 5.72. The van der Waals surface area contributed by atoms with Crippen molar-refractivity contribution < 1.29 is 4.79 Å². The van der Waals surface area contributed by atoms with Crippen LogP contribution in [-0.4, -0.2) is 57.1 Å². The Morgan fingerprint density at radius 2 is 1.92 bits per heavy atom. The number of carbonyl (C=O) groups excluding carboxylic acids is 1. The summed E-state index contributed by atoms with van der Waals surface area (Å²) in [4.78, 5) is 27.5. The number of nitrogens with zero attached hydrogens (tertiary/aromatic N) is 5. The van der Waals surface area contributed by atoms with E-state index in [0.29, 0.717) is 5.56 Å². The van der Waals surface area contributed by atoms with Crippen molar-refractivity contribution in [1.29, 1.82) is 0 Å². The van der Waals surface area contributed by atoms with Gasteiger partial charge in [0.2, 0.25) is 5.95 Å². The van der Waals surface area contributed by atoms with E-state index in [2.05, 4.69) is 20.2 Å². The third-order valence-corrected chi connectivity index (χ3v) is 5.15. The van der Waals surface area contributed by atoms with Crippen LogP contribution in [0.1, 0.15) is 10.4 Å². The quantitative estimate of drug-likeness (QED) is 0.772. The van der Waals surface area contributed by atoms with Gasteiger partial charge >= 0.3 is 0 Å². The van der Waals surface area contributed by atoms with Crippen LogP contribution in [0.3, 0.4) is 0 Å². The van der Waals surface area contributed by atoms with Gasteiger partial charge in [0.25, 0.3) is 5.91 Å². The van der Waals surface area contributed by atoms with Gasteiger partial charge in [0.1, 0.15) is 11.8 Å². The van der Waals surface area contributed by atoms with Gasteiger partial charge in [-0.2, -0.15) is 16.7 Å². The molecule has 4 rings (SSSR count). The molecule has 0 spiro atoms. The highest BCUT2D eigenvalue weighted by atomic mass is 32.2. The third kappa shape index (κ3) is 3.05. The van der Waals surface area contributed by atoms with Crippen LogP contribution in [0, 0.1) is 0 Å². The average Bonchev–Trinajstić information content (AvgIpc) is 3.11. The normalized spacial score (nSPS) is 14.7. The fourth-order valence-electron chi connectivity index (χ4n) is 2.82. The van der Waals surface area contributed by atoms with Crippen molar-refractivity contribution in [2.75, 3.05) is 36.5 Å². The van der Waals surface area contributed by atoms with Crippen LogP contribution < -0.4 is 10.2 Å². The molecule has 0 unspecified atom stereocenters. The molecule has 0 aliphatic carbocycles. The second-order valence-corrected chi connectivity index (χ2v) is 6.94. The van der Waals surface area contributed by atoms with Gasteiger partial charge in [-0.15, -0.1) is 0 Å². The minimum Gasteiger partial charge on any atom is -0.355 e. The summed E-state index contributed by atoms with van der Waals surface area (Å²) in [6.45, 7) is 1.93. The number of thioether (sulfide) groups is 1. The van der Waals surface area contributed by atoms with Crippen LogP contribution in [0.25, 0.3) is 16.9 Å². The Morgan fingerprint density at radius 1 is 1.16 bits per heavy atom. The monoisotopic (exact) mass is 354 g/mol. The number of amides is 1. The number of aromatic nitrogens is 4. The zero-order valence-corrected chi connectivity index (χ0v) is 14.7. The number of nitrogens with one attached hydrogen (secondary N) is 1. The van der Waals surface area contributed by atoms with E-state index in [1.54, 1.807) is 31.7 Å². The van der Waals surface area contributed by atoms with Crippen molar-refractivity contribution >= 4 is 34.8 Å². The third-order valence-electron chi connectivity index (χ3n) is 4.21. The van der Waals surface area contributed by atoms with E-state index in [0.717, 1.165) is 47.4 Å². The summed E-state index contributed by atoms with van der Waals surface area (Å²) in [5, 5.41) is 2.62. The molecule has 25 heavy (non-hydrogen) atoms. The summed E-state index contributed by atoms with van der Waals surface area (Å²) < 4.78 is 1.92. The Kier molecular flexibility index (Phi) is 4.27. The summed E-state index contributed by atoms with van der Waals surface area (Å²) in [5.41, 5.74) is 3.06. The zero-order chi connectivity index (χ0) is 17.2. The van der Waals surface area contributed by atoms with Crippen LogP contribution in [-0.2, 0) is 0 Å². The summed E-state index contributed by atoms with van der Waals surface area (Å²) in [5.74, 6) is 2.84. The Bertz CT molecular complexity index is 901. The molecule has 128 valence electrons. The topological polar surface area (TPSA) is 75.9 Å². The van der Waals surface area contributed by atoms with Crippen molar-refractivity contribution in [3.63, 3.8) is 0 Å². The Labute approximate surface area is 149 Å². The molecule has 0 bridgehead atoms. The summed E-state index contributed by atoms with van der Waals surface area (Å²) in [7, 11) is 1.62. The average molecular weight is 354 g/mol. The molecule has 0 radical (unpaired) electrons. The molecular weight excluding hydrogens is 336 g/mol. The summed E-state index contributed by atoms with van der Waals surface area (Å²) in [6, 6.07) is 7.38. The van der Waals surface area contributed by atoms with Gasteiger partial charge in [0.05, 0.1) is 6.20 Å². The molecule has 7 nitrogen and oxygen atoms in total. The molecule has 1 saturated heterocycles. The summed E-state index contributed by atoms with van der Waals surface area (Å²) in [6.07, 6.45) is 3.51. The van der Waals surface area contributed by atoms with Crippen LogP contribution >= 0.6 is 11.8 Å². The first-order chi connectivity index (χ1) is 12.3. The molecule has 1 fully saturated rings. The van der Waals surface area contributed by atoms with E-state index in [9.17, 15) is 4.79 Å². The van der Waals surface area contributed by atoms with E-state index < -0.39 is 0 Å². The fraction of sp³-hybridized carbons (Fsp3) is 0.294. The number of fused-ring (bicyclic) bond motifs is 1. The number of benzene rings is 1. The van der Waals surface area contributed by atoms with Crippen LogP contribution in [0.4, 0.5) is 5.95 Å². The number of imidazole rings is 1. The Hall–Kier alpha value is -2.61. The number of rotatable bonds is 3. The number of carbonyl (C=O) groups is 1. The Morgan fingerprint density at radius 3 is 2.64 bits per heavy atom. The van der Waals surface area contributed by atoms with Gasteiger partial charge in [-0.1, -0.05) is 0 Å². The SMILES string of the molecule is CNC(=O)c1ccc(-n2cnc3cnc(N4CCSCC4)nc32)cc1. The van der Waals surface area contributed by atoms with Crippen molar-refractivity contribution in [3.8, 4) is 5.69 Å². The van der Waals surface area contributed by atoms with E-state index in [4.69, 9.17) is 4.98 Å². The van der Waals surface area contributed by atoms with E-state index >= 15 is 0 Å². The predicted octanol–water partition coefficient (Wildman–Crippen LogP) is 1.73. The van der Waals surface area contributed by atoms with Gasteiger partial charge < -0.3 is 10.2 Å². The molecule has 0 saturated carbocycles. The minimum atomic E-state index is -0.102. The van der Waals surface area contributed by atoms with Crippen LogP contribution in [0.5, 0.6) is 0 Å². The smallest absolute Gasteiger partial charge is 0.251 e. The van der Waals surface area contributed by atoms with Gasteiger partial charge in [-0.05, 0) is 24.3 Å². The number of hydrogen-bond acceptors (Lipinski definition) is 6. The molecular formula is C17H18N6OS. The molecule has 1 amide bonds. The van der Waals surface area contributed by atoms with Gasteiger partial charge in [-0.25, -0.2) is 9.97 Å². The van der Waals surface area contributed by atoms with Crippen LogP contribution in [0.15, 0.2) is 36.8 Å². The van der Waals surface area contributed by atoms with E-state index in [1.807, 2.05) is 28.5 Å². The summed E-state index contributed by atoms with van der Waals surface area (Å²) >= 11 is 1.96. The Balaban J connectivity index is 1.70. The minimum absolute atomic E-state index is 0.102. The fourth-order valence-corrected chi connectivity index (χ4v) is 3.73. The molecule has 1 aliphatic rings. The molecule has 0 atom stereocenters. The lowest BCUT2D eigenvalue weighted by Gasteiger charge is -2.26. The number of anilines is 1. The first-order valence-corrected chi connectivity index (χ1v) is 9.27.